The molecule has 2 aliphatic heterocycles. The number of hydrogen-bond donors (Lipinski definition) is 1. The van der Waals surface area contributed by atoms with Crippen molar-refractivity contribution in [1.82, 2.24) is 33.5 Å². The van der Waals surface area contributed by atoms with Crippen molar-refractivity contribution < 1.29 is 23.4 Å². The Morgan fingerprint density at radius 3 is 2.07 bits per heavy atom. The SMILES string of the molecule is CCCCN(CCc1ccc2nc(C(CP3(=O)N(C)CC(C)(C)CN3C)P3(=O)N(C)CC(C)(C)CN3C)c(OC)cc2c1)C(=O)Nc1ccc(OC)cn1. The number of pyridine rings is 2. The van der Waals surface area contributed by atoms with Crippen LogP contribution in [0, 0.1) is 10.8 Å². The van der Waals surface area contributed by atoms with Crippen LogP contribution in [0.4, 0.5) is 10.6 Å². The van der Waals surface area contributed by atoms with E-state index in [-0.39, 0.29) is 23.0 Å². The van der Waals surface area contributed by atoms with Crippen molar-refractivity contribution in [3.8, 4) is 11.5 Å². The molecule has 1 unspecified atom stereocenters. The van der Waals surface area contributed by atoms with Gasteiger partial charge in [-0.1, -0.05) is 47.1 Å². The first kappa shape index (κ1) is 42.1. The maximum atomic E-state index is 15.7. The summed E-state index contributed by atoms with van der Waals surface area (Å²) >= 11 is 0. The second-order valence-electron chi connectivity index (χ2n) is 16.8. The van der Waals surface area contributed by atoms with E-state index in [0.717, 1.165) is 29.3 Å². The molecule has 13 nitrogen and oxygen atoms in total. The van der Waals surface area contributed by atoms with Gasteiger partial charge in [0.25, 0.3) is 0 Å². The first-order chi connectivity index (χ1) is 25.4. The molecular weight excluding hydrogens is 722 g/mol. The molecule has 2 fully saturated rings. The van der Waals surface area contributed by atoms with Crippen molar-refractivity contribution in [3.05, 3.63) is 53.9 Å². The summed E-state index contributed by atoms with van der Waals surface area (Å²) < 4.78 is 50.0. The summed E-state index contributed by atoms with van der Waals surface area (Å²) in [6.45, 7) is 14.6. The Hall–Kier alpha value is -3.05. The summed E-state index contributed by atoms with van der Waals surface area (Å²) in [7, 11) is 4.40. The molecule has 1 aromatic carbocycles. The minimum absolute atomic E-state index is 0.0408. The molecule has 3 aromatic rings. The first-order valence-electron chi connectivity index (χ1n) is 18.9. The highest BCUT2D eigenvalue weighted by atomic mass is 31.2. The molecular formula is C39H62N8O5P2. The van der Waals surface area contributed by atoms with Crippen LogP contribution in [0.1, 0.15) is 64.4 Å². The molecule has 0 radical (unpaired) electrons. The zero-order valence-electron chi connectivity index (χ0n) is 34.3. The van der Waals surface area contributed by atoms with Crippen LogP contribution in [0.25, 0.3) is 10.9 Å². The van der Waals surface area contributed by atoms with Crippen LogP contribution in [0.15, 0.2) is 42.6 Å². The molecule has 54 heavy (non-hydrogen) atoms. The van der Waals surface area contributed by atoms with Crippen molar-refractivity contribution in [2.24, 2.45) is 10.8 Å². The number of carbonyl (C=O) groups is 1. The average Bonchev–Trinajstić information content (AvgIpc) is 3.11. The molecule has 4 heterocycles. The van der Waals surface area contributed by atoms with Gasteiger partial charge in [0.05, 0.1) is 37.3 Å². The van der Waals surface area contributed by atoms with Gasteiger partial charge in [-0.2, -0.15) is 0 Å². The Bertz CT molecular complexity index is 1850. The summed E-state index contributed by atoms with van der Waals surface area (Å²) in [5, 5.41) is 3.80. The number of anilines is 1. The van der Waals surface area contributed by atoms with Crippen LogP contribution in [-0.2, 0) is 15.6 Å². The number of carbonyl (C=O) groups excluding carboxylic acids is 1. The zero-order chi connectivity index (χ0) is 39.6. The van der Waals surface area contributed by atoms with Crippen molar-refractivity contribution in [2.75, 3.05) is 93.2 Å². The summed E-state index contributed by atoms with van der Waals surface area (Å²) in [6, 6.07) is 11.4. The highest BCUT2D eigenvalue weighted by Gasteiger charge is 2.54. The lowest BCUT2D eigenvalue weighted by Crippen LogP contribution is -2.49. The van der Waals surface area contributed by atoms with Gasteiger partial charge in [-0.25, -0.2) is 33.4 Å². The van der Waals surface area contributed by atoms with Crippen LogP contribution >= 0.6 is 14.9 Å². The standard InChI is InChI=1S/C39H62N8O5P2/c1-12-13-19-47(37(48)42-35-17-15-31(51-10)23-40-35)20-18-29-14-16-32-30(21-29)22-33(52-11)36(41-32)34(54(50)45(8)27-39(4,5)28-46(54)9)24-53(49)43(6)25-38(2,3)26-44(53)7/h14-17,21-23,34H,12-13,18-20,24-28H2,1-11H3,(H,40,42,48). The predicted octanol–water partition coefficient (Wildman–Crippen LogP) is 7.76. The zero-order valence-corrected chi connectivity index (χ0v) is 36.0. The molecule has 2 saturated heterocycles. The Balaban J connectivity index is 1.47. The molecule has 2 aromatic heterocycles. The number of benzene rings is 1. The normalized spacial score (nSPS) is 20.7. The number of ether oxygens (including phenoxy) is 2. The van der Waals surface area contributed by atoms with Gasteiger partial charge in [-0.15, -0.1) is 0 Å². The largest absolute Gasteiger partial charge is 0.495 e. The molecule has 15 heteroatoms. The third kappa shape index (κ3) is 8.98. The predicted molar refractivity (Wildman–Crippen MR) is 219 cm³/mol. The van der Waals surface area contributed by atoms with E-state index < -0.39 is 20.5 Å². The van der Waals surface area contributed by atoms with E-state index >= 15 is 9.13 Å². The number of amides is 2. The van der Waals surface area contributed by atoms with Crippen molar-refractivity contribution in [1.29, 1.82) is 0 Å². The third-order valence-corrected chi connectivity index (χ3v) is 17.9. The fourth-order valence-electron chi connectivity index (χ4n) is 8.33. The molecule has 2 amide bonds. The number of nitrogens with zero attached hydrogens (tertiary/aromatic N) is 7. The summed E-state index contributed by atoms with van der Waals surface area (Å²) in [4.78, 5) is 24.7. The van der Waals surface area contributed by atoms with Gasteiger partial charge in [0.15, 0.2) is 0 Å². The van der Waals surface area contributed by atoms with Crippen molar-refractivity contribution >= 4 is 37.6 Å². The van der Waals surface area contributed by atoms with E-state index in [4.69, 9.17) is 14.5 Å². The average molecular weight is 785 g/mol. The second-order valence-corrected chi connectivity index (χ2v) is 23.0. The smallest absolute Gasteiger partial charge is 0.323 e. The van der Waals surface area contributed by atoms with Crippen molar-refractivity contribution in [3.63, 3.8) is 0 Å². The maximum Gasteiger partial charge on any atom is 0.323 e. The van der Waals surface area contributed by atoms with E-state index in [2.05, 4.69) is 51.0 Å². The Morgan fingerprint density at radius 2 is 1.52 bits per heavy atom. The van der Waals surface area contributed by atoms with Crippen LogP contribution in [-0.4, -0.2) is 127 Å². The lowest BCUT2D eigenvalue weighted by atomic mass is 9.93. The van der Waals surface area contributed by atoms with Crippen LogP contribution in [0.2, 0.25) is 0 Å². The number of nitrogens with one attached hydrogen (secondary N) is 1. The molecule has 5 rings (SSSR count). The minimum atomic E-state index is -3.36. The molecule has 1 N–H and O–H groups in total. The first-order valence-corrected chi connectivity index (χ1v) is 22.4. The molecule has 298 valence electrons. The molecule has 0 saturated carbocycles. The fourth-order valence-corrected chi connectivity index (χ4v) is 15.9. The van der Waals surface area contributed by atoms with Crippen LogP contribution in [0.5, 0.6) is 11.5 Å². The van der Waals surface area contributed by atoms with Gasteiger partial charge < -0.3 is 14.4 Å². The highest BCUT2D eigenvalue weighted by Crippen LogP contribution is 2.72. The quantitative estimate of drug-likeness (QED) is 0.171. The Kier molecular flexibility index (Phi) is 12.9. The summed E-state index contributed by atoms with van der Waals surface area (Å²) in [6.07, 6.45) is 4.24. The number of rotatable bonds is 13. The van der Waals surface area contributed by atoms with Gasteiger partial charge in [0, 0.05) is 50.8 Å². The Morgan fingerprint density at radius 1 is 0.889 bits per heavy atom. The van der Waals surface area contributed by atoms with E-state index in [9.17, 15) is 4.79 Å². The Labute approximate surface area is 322 Å². The van der Waals surface area contributed by atoms with Gasteiger partial charge in [-0.3, -0.25) is 14.4 Å². The van der Waals surface area contributed by atoms with E-state index in [1.807, 2.05) is 70.0 Å². The third-order valence-electron chi connectivity index (χ3n) is 10.8. The van der Waals surface area contributed by atoms with Gasteiger partial charge in [0.2, 0.25) is 14.9 Å². The molecule has 2 aliphatic rings. The number of unbranched alkanes of at least 4 members (excludes halogenated alkanes) is 1. The van der Waals surface area contributed by atoms with E-state index in [1.165, 1.54) is 0 Å². The molecule has 0 bridgehead atoms. The number of hydrogen-bond acceptors (Lipinski definition) is 7. The summed E-state index contributed by atoms with van der Waals surface area (Å²) in [5.74, 6) is 1.61. The number of fused-ring (bicyclic) bond motifs is 1. The van der Waals surface area contributed by atoms with Gasteiger partial charge >= 0.3 is 6.03 Å². The second kappa shape index (κ2) is 16.6. The minimum Gasteiger partial charge on any atom is -0.495 e. The monoisotopic (exact) mass is 784 g/mol. The van der Waals surface area contributed by atoms with E-state index in [0.29, 0.717) is 68.7 Å². The van der Waals surface area contributed by atoms with Gasteiger partial charge in [0.1, 0.15) is 17.3 Å². The number of aromatic nitrogens is 2. The molecule has 0 spiro atoms. The van der Waals surface area contributed by atoms with Crippen molar-refractivity contribution in [2.45, 2.75) is 59.5 Å². The van der Waals surface area contributed by atoms with E-state index in [1.54, 1.807) is 32.5 Å². The number of urea groups is 1. The maximum absolute atomic E-state index is 15.7. The fraction of sp³-hybridized carbons (Fsp3) is 0.615. The number of methoxy groups -OCH3 is 2. The molecule has 1 atom stereocenters. The summed E-state index contributed by atoms with van der Waals surface area (Å²) in [5.41, 5.74) is 1.56. The lowest BCUT2D eigenvalue weighted by molar-refractivity contribution is 0.177. The topological polar surface area (TPSA) is 124 Å². The van der Waals surface area contributed by atoms with Gasteiger partial charge in [-0.05, 0) is 87.8 Å². The highest BCUT2D eigenvalue weighted by molar-refractivity contribution is 7.63. The molecule has 0 aliphatic carbocycles. The van der Waals surface area contributed by atoms with Crippen LogP contribution in [0.3, 0.4) is 0 Å². The lowest BCUT2D eigenvalue weighted by Gasteiger charge is -2.52. The van der Waals surface area contributed by atoms with Crippen LogP contribution < -0.4 is 14.8 Å².